The highest BCUT2D eigenvalue weighted by Crippen LogP contribution is 2.18. The van der Waals surface area contributed by atoms with E-state index in [1.165, 1.54) is 7.11 Å². The number of nitrogens with zero attached hydrogens (tertiary/aromatic N) is 1. The third kappa shape index (κ3) is 2.99. The van der Waals surface area contributed by atoms with Crippen molar-refractivity contribution in [3.63, 3.8) is 0 Å². The summed E-state index contributed by atoms with van der Waals surface area (Å²) in [7, 11) is 1.17. The predicted octanol–water partition coefficient (Wildman–Crippen LogP) is 1.12. The molecule has 1 amide bonds. The summed E-state index contributed by atoms with van der Waals surface area (Å²) in [5.41, 5.74) is -0.598. The molecular formula is C13H12F3NO4. The molecule has 1 aliphatic rings. The van der Waals surface area contributed by atoms with Crippen LogP contribution in [0.4, 0.5) is 13.2 Å². The third-order valence-electron chi connectivity index (χ3n) is 3.08. The third-order valence-corrected chi connectivity index (χ3v) is 3.08. The lowest BCUT2D eigenvalue weighted by Gasteiger charge is -2.31. The van der Waals surface area contributed by atoms with E-state index in [0.29, 0.717) is 6.07 Å². The minimum Gasteiger partial charge on any atom is -0.467 e. The largest absolute Gasteiger partial charge is 0.467 e. The van der Waals surface area contributed by atoms with Crippen molar-refractivity contribution < 1.29 is 32.2 Å². The quantitative estimate of drug-likeness (QED) is 0.607. The van der Waals surface area contributed by atoms with Crippen LogP contribution in [-0.2, 0) is 14.3 Å². The molecule has 5 nitrogen and oxygen atoms in total. The zero-order valence-electron chi connectivity index (χ0n) is 11.1. The molecule has 2 rings (SSSR count). The zero-order chi connectivity index (χ0) is 15.6. The summed E-state index contributed by atoms with van der Waals surface area (Å²) < 4.78 is 49.2. The molecule has 1 atom stereocenters. The van der Waals surface area contributed by atoms with Gasteiger partial charge >= 0.3 is 5.97 Å². The van der Waals surface area contributed by atoms with E-state index in [2.05, 4.69) is 4.74 Å². The minimum absolute atomic E-state index is 0.0524. The molecule has 0 aromatic heterocycles. The van der Waals surface area contributed by atoms with Gasteiger partial charge in [0.15, 0.2) is 23.6 Å². The molecule has 0 spiro atoms. The molecule has 8 heteroatoms. The van der Waals surface area contributed by atoms with E-state index >= 15 is 0 Å². The summed E-state index contributed by atoms with van der Waals surface area (Å²) in [6, 6.07) is 1.53. The Morgan fingerprint density at radius 3 is 2.67 bits per heavy atom. The molecule has 0 bridgehead atoms. The van der Waals surface area contributed by atoms with E-state index in [0.717, 1.165) is 11.0 Å². The number of ether oxygens (including phenoxy) is 2. The minimum atomic E-state index is -1.71. The Hall–Kier alpha value is -2.09. The maximum atomic E-state index is 13.6. The second-order valence-corrected chi connectivity index (χ2v) is 4.36. The van der Waals surface area contributed by atoms with Crippen molar-refractivity contribution in [3.05, 3.63) is 35.1 Å². The van der Waals surface area contributed by atoms with Gasteiger partial charge in [0, 0.05) is 6.54 Å². The Balaban J connectivity index is 2.20. The van der Waals surface area contributed by atoms with Crippen LogP contribution in [0, 0.1) is 17.5 Å². The monoisotopic (exact) mass is 303 g/mol. The number of carbonyl (C=O) groups excluding carboxylic acids is 2. The van der Waals surface area contributed by atoms with Crippen LogP contribution in [0.5, 0.6) is 0 Å². The summed E-state index contributed by atoms with van der Waals surface area (Å²) in [6.45, 7) is 0.00546. The fourth-order valence-electron chi connectivity index (χ4n) is 1.97. The van der Waals surface area contributed by atoms with Crippen LogP contribution < -0.4 is 0 Å². The van der Waals surface area contributed by atoms with Crippen LogP contribution in [-0.4, -0.2) is 49.7 Å². The average molecular weight is 303 g/mol. The van der Waals surface area contributed by atoms with E-state index in [-0.39, 0.29) is 19.7 Å². The van der Waals surface area contributed by atoms with Crippen LogP contribution in [0.3, 0.4) is 0 Å². The Bertz CT molecular complexity index is 579. The lowest BCUT2D eigenvalue weighted by Crippen LogP contribution is -2.49. The Kier molecular flexibility index (Phi) is 4.46. The fourth-order valence-corrected chi connectivity index (χ4v) is 1.97. The van der Waals surface area contributed by atoms with Gasteiger partial charge in [-0.3, -0.25) is 4.79 Å². The van der Waals surface area contributed by atoms with Crippen molar-refractivity contribution in [2.45, 2.75) is 6.10 Å². The molecule has 1 heterocycles. The molecule has 0 radical (unpaired) electrons. The summed E-state index contributed by atoms with van der Waals surface area (Å²) in [5.74, 6) is -6.15. The number of carbonyl (C=O) groups is 2. The van der Waals surface area contributed by atoms with E-state index in [9.17, 15) is 22.8 Å². The van der Waals surface area contributed by atoms with Crippen molar-refractivity contribution in [1.82, 2.24) is 4.90 Å². The molecule has 0 N–H and O–H groups in total. The number of esters is 1. The molecule has 1 unspecified atom stereocenters. The van der Waals surface area contributed by atoms with Gasteiger partial charge in [0.1, 0.15) is 0 Å². The molecule has 1 saturated heterocycles. The van der Waals surface area contributed by atoms with Crippen LogP contribution in [0.2, 0.25) is 0 Å². The Labute approximate surface area is 118 Å². The van der Waals surface area contributed by atoms with Crippen molar-refractivity contribution in [2.75, 3.05) is 26.8 Å². The second kappa shape index (κ2) is 6.13. The highest BCUT2D eigenvalue weighted by Gasteiger charge is 2.32. The van der Waals surface area contributed by atoms with Crippen molar-refractivity contribution in [3.8, 4) is 0 Å². The van der Waals surface area contributed by atoms with Gasteiger partial charge in [-0.25, -0.2) is 18.0 Å². The molecule has 1 aromatic rings. The normalized spacial score (nSPS) is 18.5. The maximum absolute atomic E-state index is 13.6. The fraction of sp³-hybridized carbons (Fsp3) is 0.385. The molecule has 21 heavy (non-hydrogen) atoms. The number of hydrogen-bond donors (Lipinski definition) is 0. The second-order valence-electron chi connectivity index (χ2n) is 4.36. The summed E-state index contributed by atoms with van der Waals surface area (Å²) in [6.07, 6.45) is -0.985. The first kappa shape index (κ1) is 15.3. The SMILES string of the molecule is COC(=O)C1CN(C(=O)c2ccc(F)c(F)c2F)CCO1. The highest BCUT2D eigenvalue weighted by molar-refractivity contribution is 5.95. The number of amides is 1. The van der Waals surface area contributed by atoms with E-state index in [4.69, 9.17) is 4.74 Å². The molecule has 0 saturated carbocycles. The summed E-state index contributed by atoms with van der Waals surface area (Å²) >= 11 is 0. The van der Waals surface area contributed by atoms with Crippen LogP contribution in [0.15, 0.2) is 12.1 Å². The number of hydrogen-bond acceptors (Lipinski definition) is 4. The molecule has 114 valence electrons. The highest BCUT2D eigenvalue weighted by atomic mass is 19.2. The average Bonchev–Trinajstić information content (AvgIpc) is 2.51. The Morgan fingerprint density at radius 1 is 1.29 bits per heavy atom. The van der Waals surface area contributed by atoms with Crippen LogP contribution >= 0.6 is 0 Å². The van der Waals surface area contributed by atoms with Crippen molar-refractivity contribution in [1.29, 1.82) is 0 Å². The van der Waals surface area contributed by atoms with Gasteiger partial charge in [0.2, 0.25) is 0 Å². The predicted molar refractivity (Wildman–Crippen MR) is 64.0 cm³/mol. The van der Waals surface area contributed by atoms with Gasteiger partial charge in [0.05, 0.1) is 25.8 Å². The van der Waals surface area contributed by atoms with Crippen LogP contribution in [0.1, 0.15) is 10.4 Å². The molecular weight excluding hydrogens is 291 g/mol. The molecule has 0 aliphatic carbocycles. The number of methoxy groups -OCH3 is 1. The number of halogens is 3. The van der Waals surface area contributed by atoms with Gasteiger partial charge in [0.25, 0.3) is 5.91 Å². The van der Waals surface area contributed by atoms with E-state index in [1.54, 1.807) is 0 Å². The summed E-state index contributed by atoms with van der Waals surface area (Å²) in [4.78, 5) is 24.6. The number of morpholine rings is 1. The molecule has 1 aromatic carbocycles. The van der Waals surface area contributed by atoms with Gasteiger partial charge in [-0.15, -0.1) is 0 Å². The zero-order valence-corrected chi connectivity index (χ0v) is 11.1. The lowest BCUT2D eigenvalue weighted by atomic mass is 10.1. The van der Waals surface area contributed by atoms with Gasteiger partial charge in [-0.05, 0) is 12.1 Å². The van der Waals surface area contributed by atoms with Crippen LogP contribution in [0.25, 0.3) is 0 Å². The van der Waals surface area contributed by atoms with E-state index < -0.39 is 41.0 Å². The summed E-state index contributed by atoms with van der Waals surface area (Å²) in [5, 5.41) is 0. The Morgan fingerprint density at radius 2 is 2.00 bits per heavy atom. The van der Waals surface area contributed by atoms with Gasteiger partial charge < -0.3 is 14.4 Å². The number of benzene rings is 1. The first-order chi connectivity index (χ1) is 9.95. The van der Waals surface area contributed by atoms with Gasteiger partial charge in [-0.2, -0.15) is 0 Å². The van der Waals surface area contributed by atoms with Crippen molar-refractivity contribution >= 4 is 11.9 Å². The standard InChI is InChI=1S/C13H12F3NO4/c1-20-13(19)9-6-17(4-5-21-9)12(18)7-2-3-8(14)11(16)10(7)15/h2-3,9H,4-6H2,1H3. The smallest absolute Gasteiger partial charge is 0.336 e. The van der Waals surface area contributed by atoms with E-state index in [1.807, 2.05) is 0 Å². The molecule has 1 aliphatic heterocycles. The lowest BCUT2D eigenvalue weighted by molar-refractivity contribution is -0.158. The topological polar surface area (TPSA) is 55.8 Å². The first-order valence-corrected chi connectivity index (χ1v) is 6.08. The maximum Gasteiger partial charge on any atom is 0.336 e. The molecule has 1 fully saturated rings. The van der Waals surface area contributed by atoms with Gasteiger partial charge in [-0.1, -0.05) is 0 Å². The number of rotatable bonds is 2. The van der Waals surface area contributed by atoms with Crippen molar-refractivity contribution in [2.24, 2.45) is 0 Å². The first-order valence-electron chi connectivity index (χ1n) is 6.08.